The van der Waals surface area contributed by atoms with Gasteiger partial charge in [0, 0.05) is 6.04 Å². The van der Waals surface area contributed by atoms with Gasteiger partial charge in [-0.25, -0.2) is 9.37 Å². The smallest absolute Gasteiger partial charge is 0.260 e. The van der Waals surface area contributed by atoms with Gasteiger partial charge >= 0.3 is 0 Å². The van der Waals surface area contributed by atoms with Crippen LogP contribution in [0.5, 0.6) is 0 Å². The molecule has 2 rings (SSSR count). The topological polar surface area (TPSA) is 38.1 Å². The minimum Gasteiger partial charge on any atom is -0.439 e. The summed E-state index contributed by atoms with van der Waals surface area (Å²) in [5.74, 6) is -0.242. The van der Waals surface area contributed by atoms with Crippen molar-refractivity contribution in [2.45, 2.75) is 43.4 Å². The number of nitrogens with one attached hydrogen (secondary N) is 1. The van der Waals surface area contributed by atoms with Crippen LogP contribution >= 0.6 is 11.8 Å². The van der Waals surface area contributed by atoms with Gasteiger partial charge in [-0.1, -0.05) is 13.0 Å². The maximum atomic E-state index is 14.1. The van der Waals surface area contributed by atoms with E-state index in [0.717, 1.165) is 24.2 Å². The molecular formula is C15H19FN2OS. The molecule has 1 atom stereocenters. The van der Waals surface area contributed by atoms with Gasteiger partial charge in [-0.2, -0.15) is 0 Å². The van der Waals surface area contributed by atoms with E-state index in [1.807, 2.05) is 19.9 Å². The average Bonchev–Trinajstić information content (AvgIpc) is 2.83. The van der Waals surface area contributed by atoms with Crippen LogP contribution < -0.4 is 5.32 Å². The zero-order valence-electron chi connectivity index (χ0n) is 11.9. The Labute approximate surface area is 123 Å². The summed E-state index contributed by atoms with van der Waals surface area (Å²) < 4.78 is 19.3. The van der Waals surface area contributed by atoms with Crippen LogP contribution in [0.2, 0.25) is 0 Å². The molecule has 3 nitrogen and oxygen atoms in total. The fourth-order valence-corrected chi connectivity index (χ4v) is 2.59. The number of nitrogens with zero attached hydrogens (tertiary/aromatic N) is 1. The molecule has 1 aromatic carbocycles. The molecule has 108 valence electrons. The normalized spacial score (nSPS) is 12.6. The molecule has 0 aliphatic rings. The Morgan fingerprint density at radius 3 is 2.85 bits per heavy atom. The maximum Gasteiger partial charge on any atom is 0.260 e. The molecule has 2 aromatic rings. The van der Waals surface area contributed by atoms with E-state index < -0.39 is 0 Å². The van der Waals surface area contributed by atoms with Crippen LogP contribution in [-0.4, -0.2) is 11.5 Å². The first kappa shape index (κ1) is 15.1. The predicted molar refractivity (Wildman–Crippen MR) is 78.5 cm³/mol. The molecular weight excluding hydrogens is 275 g/mol. The molecule has 1 N–H and O–H groups in total. The molecule has 0 spiro atoms. The standard InChI is InChI=1S/C15H19FN2OS/c1-4-7-17-11(3)12-5-6-14(13(16)8-12)20-15-18-10(2)9-19-15/h5-6,8-9,11,17H,4,7H2,1-3H3. The Balaban J connectivity index is 2.09. The predicted octanol–water partition coefficient (Wildman–Crippen LogP) is 4.33. The molecule has 0 radical (unpaired) electrons. The van der Waals surface area contributed by atoms with E-state index in [4.69, 9.17) is 4.42 Å². The van der Waals surface area contributed by atoms with Crippen molar-refractivity contribution in [1.82, 2.24) is 10.3 Å². The van der Waals surface area contributed by atoms with E-state index >= 15 is 0 Å². The first-order valence-electron chi connectivity index (χ1n) is 6.73. The molecule has 1 aromatic heterocycles. The summed E-state index contributed by atoms with van der Waals surface area (Å²) in [6, 6.07) is 5.44. The Kier molecular flexibility index (Phi) is 5.20. The van der Waals surface area contributed by atoms with Gasteiger partial charge in [-0.3, -0.25) is 0 Å². The van der Waals surface area contributed by atoms with Crippen molar-refractivity contribution in [3.63, 3.8) is 0 Å². The van der Waals surface area contributed by atoms with E-state index in [1.54, 1.807) is 18.4 Å². The van der Waals surface area contributed by atoms with Crippen LogP contribution in [0.4, 0.5) is 4.39 Å². The van der Waals surface area contributed by atoms with Crippen LogP contribution in [0.25, 0.3) is 0 Å². The lowest BCUT2D eigenvalue weighted by Gasteiger charge is -2.14. The third-order valence-corrected chi connectivity index (χ3v) is 3.86. The highest BCUT2D eigenvalue weighted by Gasteiger charge is 2.11. The van der Waals surface area contributed by atoms with Gasteiger partial charge in [0.2, 0.25) is 0 Å². The Bertz CT molecular complexity index is 571. The highest BCUT2D eigenvalue weighted by atomic mass is 32.2. The summed E-state index contributed by atoms with van der Waals surface area (Å²) in [7, 11) is 0. The highest BCUT2D eigenvalue weighted by molar-refractivity contribution is 7.99. The van der Waals surface area contributed by atoms with Crippen molar-refractivity contribution < 1.29 is 8.81 Å². The second-order valence-corrected chi connectivity index (χ2v) is 5.72. The molecule has 0 saturated carbocycles. The van der Waals surface area contributed by atoms with E-state index in [9.17, 15) is 4.39 Å². The number of halogens is 1. The molecule has 0 saturated heterocycles. The molecule has 0 aliphatic carbocycles. The third kappa shape index (κ3) is 3.84. The second kappa shape index (κ2) is 6.90. The lowest BCUT2D eigenvalue weighted by Crippen LogP contribution is -2.19. The van der Waals surface area contributed by atoms with Crippen molar-refractivity contribution in [2.24, 2.45) is 0 Å². The number of aromatic nitrogens is 1. The van der Waals surface area contributed by atoms with Crippen molar-refractivity contribution in [3.05, 3.63) is 41.5 Å². The van der Waals surface area contributed by atoms with Gasteiger partial charge in [0.1, 0.15) is 12.1 Å². The second-order valence-electron chi connectivity index (χ2n) is 4.72. The fourth-order valence-electron chi connectivity index (χ4n) is 1.82. The molecule has 20 heavy (non-hydrogen) atoms. The van der Waals surface area contributed by atoms with E-state index in [1.165, 1.54) is 11.8 Å². The summed E-state index contributed by atoms with van der Waals surface area (Å²) in [6.45, 7) is 6.91. The van der Waals surface area contributed by atoms with E-state index in [0.29, 0.717) is 10.1 Å². The molecule has 0 aliphatic heterocycles. The number of hydrogen-bond acceptors (Lipinski definition) is 4. The number of aryl methyl sites for hydroxylation is 1. The summed E-state index contributed by atoms with van der Waals surface area (Å²) in [6.07, 6.45) is 2.62. The first-order chi connectivity index (χ1) is 9.60. The molecule has 0 bridgehead atoms. The van der Waals surface area contributed by atoms with Gasteiger partial charge in [0.15, 0.2) is 0 Å². The largest absolute Gasteiger partial charge is 0.439 e. The van der Waals surface area contributed by atoms with Gasteiger partial charge < -0.3 is 9.73 Å². The van der Waals surface area contributed by atoms with E-state index in [2.05, 4.69) is 17.2 Å². The summed E-state index contributed by atoms with van der Waals surface area (Å²) in [5, 5.41) is 3.81. The summed E-state index contributed by atoms with van der Waals surface area (Å²) >= 11 is 1.20. The number of hydrogen-bond donors (Lipinski definition) is 1. The van der Waals surface area contributed by atoms with Crippen LogP contribution in [0.15, 0.2) is 39.0 Å². The summed E-state index contributed by atoms with van der Waals surface area (Å²) in [5.41, 5.74) is 1.74. The molecule has 5 heteroatoms. The van der Waals surface area contributed by atoms with Crippen LogP contribution in [0, 0.1) is 12.7 Å². The third-order valence-electron chi connectivity index (χ3n) is 2.95. The first-order valence-corrected chi connectivity index (χ1v) is 7.54. The zero-order chi connectivity index (χ0) is 14.5. The number of rotatable bonds is 6. The number of benzene rings is 1. The zero-order valence-corrected chi connectivity index (χ0v) is 12.8. The fraction of sp³-hybridized carbons (Fsp3) is 0.400. The summed E-state index contributed by atoms with van der Waals surface area (Å²) in [4.78, 5) is 4.69. The monoisotopic (exact) mass is 294 g/mol. The number of oxazole rings is 1. The Hall–Kier alpha value is -1.33. The van der Waals surface area contributed by atoms with Crippen molar-refractivity contribution >= 4 is 11.8 Å². The van der Waals surface area contributed by atoms with Gasteiger partial charge in [0.05, 0.1) is 10.6 Å². The van der Waals surface area contributed by atoms with Gasteiger partial charge in [-0.05, 0) is 56.3 Å². The SMILES string of the molecule is CCCNC(C)c1ccc(Sc2nc(C)co2)c(F)c1. The maximum absolute atomic E-state index is 14.1. The van der Waals surface area contributed by atoms with Crippen LogP contribution in [-0.2, 0) is 0 Å². The average molecular weight is 294 g/mol. The lowest BCUT2D eigenvalue weighted by molar-refractivity contribution is 0.453. The molecule has 1 heterocycles. The van der Waals surface area contributed by atoms with Gasteiger partial charge in [-0.15, -0.1) is 0 Å². The molecule has 1 unspecified atom stereocenters. The quantitative estimate of drug-likeness (QED) is 0.860. The van der Waals surface area contributed by atoms with Crippen molar-refractivity contribution in [2.75, 3.05) is 6.54 Å². The van der Waals surface area contributed by atoms with Crippen molar-refractivity contribution in [3.8, 4) is 0 Å². The molecule has 0 fully saturated rings. The lowest BCUT2D eigenvalue weighted by atomic mass is 10.1. The van der Waals surface area contributed by atoms with Gasteiger partial charge in [0.25, 0.3) is 5.22 Å². The Morgan fingerprint density at radius 2 is 2.25 bits per heavy atom. The molecule has 0 amide bonds. The van der Waals surface area contributed by atoms with Crippen LogP contribution in [0.1, 0.15) is 37.6 Å². The van der Waals surface area contributed by atoms with E-state index in [-0.39, 0.29) is 11.9 Å². The van der Waals surface area contributed by atoms with Crippen LogP contribution in [0.3, 0.4) is 0 Å². The highest BCUT2D eigenvalue weighted by Crippen LogP contribution is 2.30. The van der Waals surface area contributed by atoms with Crippen molar-refractivity contribution in [1.29, 1.82) is 0 Å². The Morgan fingerprint density at radius 1 is 1.45 bits per heavy atom. The minimum absolute atomic E-state index is 0.146. The minimum atomic E-state index is -0.242.